The van der Waals surface area contributed by atoms with Crippen LogP contribution in [0, 0.1) is 0 Å². The zero-order valence-electron chi connectivity index (χ0n) is 11.0. The molecule has 1 aromatic carbocycles. The lowest BCUT2D eigenvalue weighted by Gasteiger charge is -2.31. The molecule has 1 fully saturated rings. The number of carbonyl (C=O) groups is 1. The van der Waals surface area contributed by atoms with Crippen LogP contribution in [0.4, 0.5) is 0 Å². The van der Waals surface area contributed by atoms with Gasteiger partial charge in [-0.1, -0.05) is 11.6 Å². The molecule has 0 spiro atoms. The number of benzene rings is 1. The number of ether oxygens (including phenoxy) is 1. The molecule has 1 aliphatic heterocycles. The molecule has 0 aliphatic carbocycles. The predicted octanol–water partition coefficient (Wildman–Crippen LogP) is 1.56. The number of hydrogen-bond donors (Lipinski definition) is 1. The molecule has 110 valence electrons. The third-order valence-corrected chi connectivity index (χ3v) is 4.68. The monoisotopic (exact) mass is 317 g/mol. The molecule has 0 aromatic heterocycles. The van der Waals surface area contributed by atoms with Crippen molar-refractivity contribution in [2.24, 2.45) is 0 Å². The summed E-state index contributed by atoms with van der Waals surface area (Å²) in [7, 11) is -1.14. The molecule has 2 rings (SSSR count). The van der Waals surface area contributed by atoms with Crippen LogP contribution in [0.15, 0.2) is 23.1 Å². The van der Waals surface area contributed by atoms with Crippen molar-refractivity contribution < 1.29 is 17.9 Å². The van der Waals surface area contributed by atoms with Gasteiger partial charge in [0.2, 0.25) is 0 Å². The number of likely N-dealkylation sites (tertiary alicyclic amines) is 1. The van der Waals surface area contributed by atoms with E-state index in [4.69, 9.17) is 16.3 Å². The average molecular weight is 318 g/mol. The average Bonchev–Trinajstić information content (AvgIpc) is 2.47. The number of halogens is 1. The first-order valence-electron chi connectivity index (χ1n) is 6.29. The fourth-order valence-electron chi connectivity index (χ4n) is 2.26. The molecule has 7 heteroatoms. The highest BCUT2D eigenvalue weighted by Crippen LogP contribution is 2.21. The normalized spacial score (nSPS) is 16.6. The summed E-state index contributed by atoms with van der Waals surface area (Å²) in [5.74, 6) is -0.172. The van der Waals surface area contributed by atoms with Crippen LogP contribution < -0.4 is 0 Å². The van der Waals surface area contributed by atoms with E-state index in [-0.39, 0.29) is 21.9 Å². The largest absolute Gasteiger partial charge is 0.381 e. The maximum atomic E-state index is 12.3. The quantitative estimate of drug-likeness (QED) is 0.859. The van der Waals surface area contributed by atoms with Gasteiger partial charge < -0.3 is 9.64 Å². The topological polar surface area (TPSA) is 63.7 Å². The number of methoxy groups -OCH3 is 1. The van der Waals surface area contributed by atoms with Gasteiger partial charge >= 0.3 is 0 Å². The predicted molar refractivity (Wildman–Crippen MR) is 76.0 cm³/mol. The van der Waals surface area contributed by atoms with E-state index in [9.17, 15) is 13.2 Å². The maximum absolute atomic E-state index is 12.3. The van der Waals surface area contributed by atoms with E-state index < -0.39 is 10.7 Å². The Kier molecular flexibility index (Phi) is 5.01. The van der Waals surface area contributed by atoms with Crippen LogP contribution in [0.5, 0.6) is 0 Å². The van der Waals surface area contributed by atoms with Gasteiger partial charge in [0.05, 0.1) is 16.0 Å². The third-order valence-electron chi connectivity index (χ3n) is 3.45. The standard InChI is InChI=1S/C13H16ClNO4S/c1-19-10-4-6-15(7-5-10)13(16)9-2-3-11(14)12(8-9)20(17)18/h2-3,8,10,20H,4-7H2,1H3. The molecule has 0 atom stereocenters. The van der Waals surface area contributed by atoms with Crippen molar-refractivity contribution in [3.05, 3.63) is 28.8 Å². The van der Waals surface area contributed by atoms with Crippen LogP contribution in [0.25, 0.3) is 0 Å². The molecule has 0 saturated carbocycles. The van der Waals surface area contributed by atoms with E-state index in [1.54, 1.807) is 18.1 Å². The third kappa shape index (κ3) is 3.31. The first-order valence-corrected chi connectivity index (χ1v) is 7.84. The van der Waals surface area contributed by atoms with Gasteiger partial charge in [0.15, 0.2) is 10.7 Å². The van der Waals surface area contributed by atoms with Crippen LogP contribution >= 0.6 is 11.6 Å². The van der Waals surface area contributed by atoms with Gasteiger partial charge in [-0.2, -0.15) is 0 Å². The van der Waals surface area contributed by atoms with Gasteiger partial charge in [0.25, 0.3) is 5.91 Å². The Labute approximate surface area is 124 Å². The van der Waals surface area contributed by atoms with Crippen LogP contribution in [0.2, 0.25) is 5.02 Å². The lowest BCUT2D eigenvalue weighted by molar-refractivity contribution is 0.0350. The Morgan fingerprint density at radius 2 is 2.00 bits per heavy atom. The van der Waals surface area contributed by atoms with Crippen LogP contribution in [-0.2, 0) is 15.4 Å². The SMILES string of the molecule is COC1CCN(C(=O)c2ccc(Cl)c([SH](=O)=O)c2)CC1. The number of thiol groups is 1. The second-order valence-electron chi connectivity index (χ2n) is 4.65. The van der Waals surface area contributed by atoms with Crippen LogP contribution in [0.3, 0.4) is 0 Å². The Morgan fingerprint density at radius 1 is 1.35 bits per heavy atom. The van der Waals surface area contributed by atoms with Gasteiger partial charge in [0, 0.05) is 25.8 Å². The van der Waals surface area contributed by atoms with Gasteiger partial charge in [-0.25, -0.2) is 8.42 Å². The molecule has 20 heavy (non-hydrogen) atoms. The number of hydrogen-bond acceptors (Lipinski definition) is 4. The van der Waals surface area contributed by atoms with E-state index in [1.165, 1.54) is 12.1 Å². The summed E-state index contributed by atoms with van der Waals surface area (Å²) in [4.78, 5) is 14.0. The summed E-state index contributed by atoms with van der Waals surface area (Å²) in [6.07, 6.45) is 1.77. The number of carbonyl (C=O) groups excluding carboxylic acids is 1. The highest BCUT2D eigenvalue weighted by atomic mass is 35.5. The first-order chi connectivity index (χ1) is 9.52. The van der Waals surface area contributed by atoms with Crippen LogP contribution in [-0.4, -0.2) is 45.5 Å². The summed E-state index contributed by atoms with van der Waals surface area (Å²) < 4.78 is 27.4. The lowest BCUT2D eigenvalue weighted by Crippen LogP contribution is -2.40. The van der Waals surface area contributed by atoms with Crippen molar-refractivity contribution >= 4 is 28.2 Å². The van der Waals surface area contributed by atoms with Crippen molar-refractivity contribution in [3.63, 3.8) is 0 Å². The molecule has 1 saturated heterocycles. The zero-order chi connectivity index (χ0) is 14.7. The Bertz CT molecular complexity index is 572. The van der Waals surface area contributed by atoms with Gasteiger partial charge in [-0.15, -0.1) is 0 Å². The van der Waals surface area contributed by atoms with E-state index >= 15 is 0 Å². The Balaban J connectivity index is 2.16. The zero-order valence-corrected chi connectivity index (χ0v) is 12.7. The number of amides is 1. The van der Waals surface area contributed by atoms with E-state index in [1.807, 2.05) is 0 Å². The van der Waals surface area contributed by atoms with Crippen molar-refractivity contribution in [2.45, 2.75) is 23.8 Å². The molecular weight excluding hydrogens is 302 g/mol. The highest BCUT2D eigenvalue weighted by molar-refractivity contribution is 7.72. The summed E-state index contributed by atoms with van der Waals surface area (Å²) in [6, 6.07) is 4.32. The molecule has 1 aliphatic rings. The number of rotatable bonds is 3. The molecule has 1 aromatic rings. The van der Waals surface area contributed by atoms with Crippen molar-refractivity contribution in [3.8, 4) is 0 Å². The smallest absolute Gasteiger partial charge is 0.253 e. The van der Waals surface area contributed by atoms with Crippen molar-refractivity contribution in [1.82, 2.24) is 4.90 Å². The molecule has 0 unspecified atom stereocenters. The fourth-order valence-corrected chi connectivity index (χ4v) is 3.08. The Morgan fingerprint density at radius 3 is 2.55 bits per heavy atom. The lowest BCUT2D eigenvalue weighted by atomic mass is 10.1. The first kappa shape index (κ1) is 15.3. The second-order valence-corrected chi connectivity index (χ2v) is 6.05. The van der Waals surface area contributed by atoms with Crippen LogP contribution in [0.1, 0.15) is 23.2 Å². The molecule has 0 radical (unpaired) electrons. The van der Waals surface area contributed by atoms with Crippen molar-refractivity contribution in [2.75, 3.05) is 20.2 Å². The minimum atomic E-state index is -2.81. The molecule has 0 N–H and O–H groups in total. The molecule has 5 nitrogen and oxygen atoms in total. The number of nitrogens with zero attached hydrogens (tertiary/aromatic N) is 1. The maximum Gasteiger partial charge on any atom is 0.253 e. The molecule has 1 heterocycles. The summed E-state index contributed by atoms with van der Waals surface area (Å²) >= 11 is 5.79. The van der Waals surface area contributed by atoms with Gasteiger partial charge in [-0.05, 0) is 31.0 Å². The fraction of sp³-hybridized carbons (Fsp3) is 0.462. The molecule has 1 amide bonds. The van der Waals surface area contributed by atoms with Gasteiger partial charge in [-0.3, -0.25) is 4.79 Å². The van der Waals surface area contributed by atoms with Crippen molar-refractivity contribution in [1.29, 1.82) is 0 Å². The summed E-state index contributed by atoms with van der Waals surface area (Å²) in [5.41, 5.74) is 0.347. The van der Waals surface area contributed by atoms with Gasteiger partial charge in [0.1, 0.15) is 0 Å². The minimum Gasteiger partial charge on any atom is -0.381 e. The number of piperidine rings is 1. The highest BCUT2D eigenvalue weighted by Gasteiger charge is 2.23. The second kappa shape index (κ2) is 6.56. The minimum absolute atomic E-state index is 0.0145. The van der Waals surface area contributed by atoms with E-state index in [2.05, 4.69) is 0 Å². The van der Waals surface area contributed by atoms with E-state index in [0.29, 0.717) is 18.7 Å². The molecule has 0 bridgehead atoms. The Hall–Kier alpha value is -1.11. The summed E-state index contributed by atoms with van der Waals surface area (Å²) in [6.45, 7) is 1.22. The van der Waals surface area contributed by atoms with E-state index in [0.717, 1.165) is 12.8 Å². The molecular formula is C13H16ClNO4S. The summed E-state index contributed by atoms with van der Waals surface area (Å²) in [5, 5.41) is 0.135.